The molecule has 0 bridgehead atoms. The zero-order valence-corrected chi connectivity index (χ0v) is 14.0. The van der Waals surface area contributed by atoms with Crippen molar-refractivity contribution in [1.82, 2.24) is 15.5 Å². The Kier molecular flexibility index (Phi) is 6.65. The Balaban J connectivity index is 1.81. The van der Waals surface area contributed by atoms with E-state index in [9.17, 15) is 9.59 Å². The highest BCUT2D eigenvalue weighted by Crippen LogP contribution is 2.18. The lowest BCUT2D eigenvalue weighted by molar-refractivity contribution is -0.139. The average Bonchev–Trinajstić information content (AvgIpc) is 2.92. The smallest absolute Gasteiger partial charge is 0.309 e. The summed E-state index contributed by atoms with van der Waals surface area (Å²) < 4.78 is 5.39. The van der Waals surface area contributed by atoms with E-state index >= 15 is 0 Å². The molecule has 1 fully saturated rings. The van der Waals surface area contributed by atoms with Crippen molar-refractivity contribution in [2.45, 2.75) is 50.6 Å². The van der Waals surface area contributed by atoms with Gasteiger partial charge in [-0.1, -0.05) is 25.7 Å². The number of nitrogens with one attached hydrogen (secondary N) is 2. The SMILES string of the molecule is CN(C)C(CNC(=O)C(=O)NC1CCCCCC1)c1ccco1. The Hall–Kier alpha value is -1.82. The second-order valence-electron chi connectivity index (χ2n) is 6.37. The number of rotatable bonds is 5. The molecule has 1 atom stereocenters. The number of nitrogens with zero attached hydrogens (tertiary/aromatic N) is 1. The molecular formula is C17H27N3O3. The molecule has 2 rings (SSSR count). The zero-order chi connectivity index (χ0) is 16.7. The van der Waals surface area contributed by atoms with Crippen molar-refractivity contribution in [2.24, 2.45) is 0 Å². The van der Waals surface area contributed by atoms with Gasteiger partial charge in [-0.05, 0) is 39.1 Å². The van der Waals surface area contributed by atoms with E-state index in [0.717, 1.165) is 31.4 Å². The summed E-state index contributed by atoms with van der Waals surface area (Å²) in [4.78, 5) is 26.0. The van der Waals surface area contributed by atoms with Gasteiger partial charge in [-0.2, -0.15) is 0 Å². The van der Waals surface area contributed by atoms with Crippen LogP contribution in [0, 0.1) is 0 Å². The van der Waals surface area contributed by atoms with E-state index in [-0.39, 0.29) is 12.1 Å². The number of furan rings is 1. The second kappa shape index (κ2) is 8.72. The van der Waals surface area contributed by atoms with Crippen LogP contribution in [-0.4, -0.2) is 43.4 Å². The fraction of sp³-hybridized carbons (Fsp3) is 0.647. The Morgan fingerprint density at radius 2 is 1.91 bits per heavy atom. The lowest BCUT2D eigenvalue weighted by atomic mass is 10.1. The minimum absolute atomic E-state index is 0.0976. The first kappa shape index (κ1) is 17.5. The predicted octanol–water partition coefficient (Wildman–Crippen LogP) is 1.84. The van der Waals surface area contributed by atoms with Crippen molar-refractivity contribution in [1.29, 1.82) is 0 Å². The third-order valence-electron chi connectivity index (χ3n) is 4.35. The molecule has 1 saturated carbocycles. The number of amides is 2. The molecule has 0 saturated heterocycles. The highest BCUT2D eigenvalue weighted by molar-refractivity contribution is 6.35. The molecule has 6 heteroatoms. The maximum Gasteiger partial charge on any atom is 0.309 e. The van der Waals surface area contributed by atoms with Gasteiger partial charge >= 0.3 is 11.8 Å². The van der Waals surface area contributed by atoms with E-state index in [1.165, 1.54) is 12.8 Å². The van der Waals surface area contributed by atoms with Gasteiger partial charge in [0.25, 0.3) is 0 Å². The van der Waals surface area contributed by atoms with Crippen molar-refractivity contribution in [3.8, 4) is 0 Å². The molecule has 1 aliphatic carbocycles. The van der Waals surface area contributed by atoms with Gasteiger partial charge in [0, 0.05) is 12.6 Å². The van der Waals surface area contributed by atoms with Crippen LogP contribution in [0.15, 0.2) is 22.8 Å². The molecular weight excluding hydrogens is 294 g/mol. The first-order chi connectivity index (χ1) is 11.1. The number of hydrogen-bond acceptors (Lipinski definition) is 4. The molecule has 128 valence electrons. The lowest BCUT2D eigenvalue weighted by Gasteiger charge is -2.22. The van der Waals surface area contributed by atoms with Crippen LogP contribution in [0.5, 0.6) is 0 Å². The molecule has 1 unspecified atom stereocenters. The molecule has 1 aromatic heterocycles. The first-order valence-electron chi connectivity index (χ1n) is 8.36. The van der Waals surface area contributed by atoms with E-state index in [2.05, 4.69) is 10.6 Å². The van der Waals surface area contributed by atoms with Gasteiger partial charge in [0.2, 0.25) is 0 Å². The van der Waals surface area contributed by atoms with Crippen molar-refractivity contribution < 1.29 is 14.0 Å². The molecule has 0 aromatic carbocycles. The molecule has 0 spiro atoms. The zero-order valence-electron chi connectivity index (χ0n) is 14.0. The van der Waals surface area contributed by atoms with Crippen LogP contribution in [0.3, 0.4) is 0 Å². The molecule has 1 heterocycles. The molecule has 0 radical (unpaired) electrons. The molecule has 2 N–H and O–H groups in total. The summed E-state index contributed by atoms with van der Waals surface area (Å²) in [5, 5.41) is 5.56. The summed E-state index contributed by atoms with van der Waals surface area (Å²) in [5.41, 5.74) is 0. The summed E-state index contributed by atoms with van der Waals surface area (Å²) in [7, 11) is 3.82. The normalized spacial score (nSPS) is 17.5. The van der Waals surface area contributed by atoms with E-state index in [4.69, 9.17) is 4.42 Å². The third-order valence-corrected chi connectivity index (χ3v) is 4.35. The Bertz CT molecular complexity index is 491. The minimum atomic E-state index is -0.576. The highest BCUT2D eigenvalue weighted by atomic mass is 16.3. The fourth-order valence-corrected chi connectivity index (χ4v) is 2.96. The number of likely N-dealkylation sites (N-methyl/N-ethyl adjacent to an activating group) is 1. The van der Waals surface area contributed by atoms with Crippen LogP contribution in [0.1, 0.15) is 50.3 Å². The Morgan fingerprint density at radius 1 is 1.22 bits per heavy atom. The van der Waals surface area contributed by atoms with Crippen molar-refractivity contribution in [3.63, 3.8) is 0 Å². The number of hydrogen-bond donors (Lipinski definition) is 2. The van der Waals surface area contributed by atoms with Gasteiger partial charge in [0.15, 0.2) is 0 Å². The summed E-state index contributed by atoms with van der Waals surface area (Å²) in [6.45, 7) is 0.331. The van der Waals surface area contributed by atoms with Crippen molar-refractivity contribution in [2.75, 3.05) is 20.6 Å². The van der Waals surface area contributed by atoms with E-state index < -0.39 is 11.8 Å². The topological polar surface area (TPSA) is 74.6 Å². The maximum atomic E-state index is 12.0. The molecule has 1 aromatic rings. The second-order valence-corrected chi connectivity index (χ2v) is 6.37. The maximum absolute atomic E-state index is 12.0. The standard InChI is InChI=1S/C17H27N3O3/c1-20(2)14(15-10-7-11-23-15)12-18-16(21)17(22)19-13-8-5-3-4-6-9-13/h7,10-11,13-14H,3-6,8-9,12H2,1-2H3,(H,18,21)(H,19,22). The van der Waals surface area contributed by atoms with Gasteiger partial charge < -0.3 is 15.1 Å². The van der Waals surface area contributed by atoms with E-state index in [0.29, 0.717) is 6.54 Å². The molecule has 6 nitrogen and oxygen atoms in total. The van der Waals surface area contributed by atoms with E-state index in [1.807, 2.05) is 31.1 Å². The lowest BCUT2D eigenvalue weighted by Crippen LogP contribution is -2.46. The van der Waals surface area contributed by atoms with Crippen LogP contribution >= 0.6 is 0 Å². The third kappa shape index (κ3) is 5.39. The summed E-state index contributed by atoms with van der Waals surface area (Å²) in [6, 6.07) is 3.71. The van der Waals surface area contributed by atoms with Crippen LogP contribution in [0.2, 0.25) is 0 Å². The highest BCUT2D eigenvalue weighted by Gasteiger charge is 2.22. The Morgan fingerprint density at radius 3 is 2.48 bits per heavy atom. The minimum Gasteiger partial charge on any atom is -0.468 e. The van der Waals surface area contributed by atoms with Crippen molar-refractivity contribution >= 4 is 11.8 Å². The summed E-state index contributed by atoms with van der Waals surface area (Å²) >= 11 is 0. The molecule has 0 aliphatic heterocycles. The summed E-state index contributed by atoms with van der Waals surface area (Å²) in [6.07, 6.45) is 8.20. The molecule has 23 heavy (non-hydrogen) atoms. The molecule has 2 amide bonds. The van der Waals surface area contributed by atoms with Crippen LogP contribution in [0.4, 0.5) is 0 Å². The fourth-order valence-electron chi connectivity index (χ4n) is 2.96. The molecule has 1 aliphatic rings. The average molecular weight is 321 g/mol. The summed E-state index contributed by atoms with van der Waals surface area (Å²) in [5.74, 6) is -0.346. The predicted molar refractivity (Wildman–Crippen MR) is 87.8 cm³/mol. The Labute approximate surface area is 137 Å². The largest absolute Gasteiger partial charge is 0.468 e. The van der Waals surface area contributed by atoms with E-state index in [1.54, 1.807) is 6.26 Å². The van der Waals surface area contributed by atoms with Crippen LogP contribution < -0.4 is 10.6 Å². The van der Waals surface area contributed by atoms with Gasteiger partial charge in [-0.3, -0.25) is 14.5 Å². The van der Waals surface area contributed by atoms with Gasteiger partial charge in [-0.25, -0.2) is 0 Å². The van der Waals surface area contributed by atoms with Crippen LogP contribution in [-0.2, 0) is 9.59 Å². The number of carbonyl (C=O) groups is 2. The van der Waals surface area contributed by atoms with Gasteiger partial charge in [0.1, 0.15) is 5.76 Å². The van der Waals surface area contributed by atoms with Crippen LogP contribution in [0.25, 0.3) is 0 Å². The first-order valence-corrected chi connectivity index (χ1v) is 8.36. The van der Waals surface area contributed by atoms with Gasteiger partial charge in [-0.15, -0.1) is 0 Å². The van der Waals surface area contributed by atoms with Gasteiger partial charge in [0.05, 0.1) is 12.3 Å². The number of carbonyl (C=O) groups excluding carboxylic acids is 2. The monoisotopic (exact) mass is 321 g/mol. The van der Waals surface area contributed by atoms with Crippen molar-refractivity contribution in [3.05, 3.63) is 24.2 Å². The quantitative estimate of drug-likeness (QED) is 0.641.